The third kappa shape index (κ3) is 1.86. The van der Waals surface area contributed by atoms with Gasteiger partial charge in [0, 0.05) is 23.8 Å². The van der Waals surface area contributed by atoms with Gasteiger partial charge in [-0.3, -0.25) is 4.98 Å². The van der Waals surface area contributed by atoms with Crippen molar-refractivity contribution in [3.63, 3.8) is 0 Å². The Kier molecular flexibility index (Phi) is 2.97. The molecule has 1 saturated heterocycles. The van der Waals surface area contributed by atoms with Crippen LogP contribution in [0.15, 0.2) is 36.5 Å². The lowest BCUT2D eigenvalue weighted by atomic mass is 10.0. The van der Waals surface area contributed by atoms with Crippen molar-refractivity contribution in [3.8, 4) is 0 Å². The predicted octanol–water partition coefficient (Wildman–Crippen LogP) is 2.79. The average Bonchev–Trinajstić information content (AvgIpc) is 2.46. The van der Waals surface area contributed by atoms with E-state index in [-0.39, 0.29) is 6.04 Å². The van der Waals surface area contributed by atoms with Crippen molar-refractivity contribution >= 4 is 22.9 Å². The number of hydrogen-bond acceptors (Lipinski definition) is 3. The third-order valence-corrected chi connectivity index (χ3v) is 3.64. The summed E-state index contributed by atoms with van der Waals surface area (Å²) in [6, 6.07) is 10.1. The van der Waals surface area contributed by atoms with Crippen molar-refractivity contribution in [2.24, 2.45) is 0 Å². The van der Waals surface area contributed by atoms with Crippen LogP contribution in [0.2, 0.25) is 0 Å². The Morgan fingerprint density at radius 1 is 1.22 bits per heavy atom. The van der Waals surface area contributed by atoms with Crippen molar-refractivity contribution in [3.05, 3.63) is 36.5 Å². The number of aldehydes is 1. The standard InChI is InChI=1S/C15H16N2O/c18-11-12-5-3-4-10-17(12)15-8-9-16-14-7-2-1-6-13(14)15/h1-2,6-9,11-12H,3-5,10H2. The smallest absolute Gasteiger partial charge is 0.142 e. The van der Waals surface area contributed by atoms with E-state index in [9.17, 15) is 4.79 Å². The number of anilines is 1. The second-order valence-electron chi connectivity index (χ2n) is 4.74. The molecule has 1 aromatic carbocycles. The number of hydrogen-bond donors (Lipinski definition) is 0. The van der Waals surface area contributed by atoms with Crippen LogP contribution in [-0.2, 0) is 4.79 Å². The van der Waals surface area contributed by atoms with E-state index >= 15 is 0 Å². The Morgan fingerprint density at radius 3 is 3.00 bits per heavy atom. The first-order valence-corrected chi connectivity index (χ1v) is 6.46. The summed E-state index contributed by atoms with van der Waals surface area (Å²) in [5.74, 6) is 0. The SMILES string of the molecule is O=CC1CCCCN1c1ccnc2ccccc12. The highest BCUT2D eigenvalue weighted by Gasteiger charge is 2.23. The molecular formula is C15H16N2O. The van der Waals surface area contributed by atoms with E-state index in [1.807, 2.05) is 30.5 Å². The van der Waals surface area contributed by atoms with Crippen molar-refractivity contribution in [2.45, 2.75) is 25.3 Å². The highest BCUT2D eigenvalue weighted by molar-refractivity contribution is 5.92. The molecule has 1 aromatic heterocycles. The quantitative estimate of drug-likeness (QED) is 0.757. The molecule has 0 saturated carbocycles. The summed E-state index contributed by atoms with van der Waals surface area (Å²) in [7, 11) is 0. The van der Waals surface area contributed by atoms with Crippen molar-refractivity contribution in [2.75, 3.05) is 11.4 Å². The zero-order chi connectivity index (χ0) is 12.4. The van der Waals surface area contributed by atoms with Gasteiger partial charge in [-0.25, -0.2) is 0 Å². The van der Waals surface area contributed by atoms with Crippen LogP contribution in [0.4, 0.5) is 5.69 Å². The van der Waals surface area contributed by atoms with E-state index in [2.05, 4.69) is 16.0 Å². The molecule has 18 heavy (non-hydrogen) atoms. The zero-order valence-electron chi connectivity index (χ0n) is 10.2. The van der Waals surface area contributed by atoms with Crippen LogP contribution in [0.25, 0.3) is 10.9 Å². The minimum atomic E-state index is 0.0181. The van der Waals surface area contributed by atoms with E-state index in [0.717, 1.165) is 48.7 Å². The number of carbonyl (C=O) groups is 1. The van der Waals surface area contributed by atoms with Gasteiger partial charge in [-0.15, -0.1) is 0 Å². The zero-order valence-corrected chi connectivity index (χ0v) is 10.2. The molecule has 0 amide bonds. The van der Waals surface area contributed by atoms with E-state index in [4.69, 9.17) is 0 Å². The van der Waals surface area contributed by atoms with Gasteiger partial charge < -0.3 is 9.69 Å². The van der Waals surface area contributed by atoms with Crippen LogP contribution in [0.1, 0.15) is 19.3 Å². The summed E-state index contributed by atoms with van der Waals surface area (Å²) in [6.07, 6.45) is 6.16. The van der Waals surface area contributed by atoms with Crippen LogP contribution in [0.5, 0.6) is 0 Å². The van der Waals surface area contributed by atoms with Gasteiger partial charge in [-0.2, -0.15) is 0 Å². The van der Waals surface area contributed by atoms with E-state index in [1.54, 1.807) is 0 Å². The first-order chi connectivity index (χ1) is 8.90. The molecule has 0 spiro atoms. The van der Waals surface area contributed by atoms with E-state index < -0.39 is 0 Å². The van der Waals surface area contributed by atoms with Gasteiger partial charge in [-0.05, 0) is 31.4 Å². The molecule has 1 fully saturated rings. The summed E-state index contributed by atoms with van der Waals surface area (Å²) in [6.45, 7) is 0.956. The molecule has 3 rings (SSSR count). The summed E-state index contributed by atoms with van der Waals surface area (Å²) >= 11 is 0. The van der Waals surface area contributed by atoms with Crippen LogP contribution in [0.3, 0.4) is 0 Å². The highest BCUT2D eigenvalue weighted by Crippen LogP contribution is 2.29. The molecule has 1 unspecified atom stereocenters. The molecule has 3 heteroatoms. The second kappa shape index (κ2) is 4.77. The summed E-state index contributed by atoms with van der Waals surface area (Å²) in [5, 5.41) is 1.13. The molecular weight excluding hydrogens is 224 g/mol. The van der Waals surface area contributed by atoms with Gasteiger partial charge in [-0.1, -0.05) is 18.2 Å². The second-order valence-corrected chi connectivity index (χ2v) is 4.74. The number of piperidine rings is 1. The van der Waals surface area contributed by atoms with Crippen LogP contribution in [-0.4, -0.2) is 23.9 Å². The molecule has 0 aliphatic carbocycles. The van der Waals surface area contributed by atoms with Crippen molar-refractivity contribution in [1.29, 1.82) is 0 Å². The predicted molar refractivity (Wildman–Crippen MR) is 72.8 cm³/mol. The molecule has 2 heterocycles. The van der Waals surface area contributed by atoms with Gasteiger partial charge in [0.1, 0.15) is 6.29 Å². The molecule has 1 aliphatic heterocycles. The molecule has 0 radical (unpaired) electrons. The first-order valence-electron chi connectivity index (χ1n) is 6.46. The fraction of sp³-hybridized carbons (Fsp3) is 0.333. The number of para-hydroxylation sites is 1. The minimum absolute atomic E-state index is 0.0181. The molecule has 0 bridgehead atoms. The van der Waals surface area contributed by atoms with Gasteiger partial charge in [0.05, 0.1) is 11.6 Å². The maximum atomic E-state index is 11.2. The maximum Gasteiger partial charge on any atom is 0.142 e. The summed E-state index contributed by atoms with van der Waals surface area (Å²) in [4.78, 5) is 17.8. The van der Waals surface area contributed by atoms with E-state index in [0.29, 0.717) is 0 Å². The molecule has 0 N–H and O–H groups in total. The summed E-state index contributed by atoms with van der Waals surface area (Å²) < 4.78 is 0. The van der Waals surface area contributed by atoms with Gasteiger partial charge in [0.25, 0.3) is 0 Å². The number of fused-ring (bicyclic) bond motifs is 1. The van der Waals surface area contributed by atoms with Crippen LogP contribution in [0, 0.1) is 0 Å². The molecule has 92 valence electrons. The lowest BCUT2D eigenvalue weighted by Gasteiger charge is -2.34. The topological polar surface area (TPSA) is 33.2 Å². The number of benzene rings is 1. The fourth-order valence-electron chi connectivity index (χ4n) is 2.73. The fourth-order valence-corrected chi connectivity index (χ4v) is 2.73. The minimum Gasteiger partial charge on any atom is -0.361 e. The maximum absolute atomic E-state index is 11.2. The van der Waals surface area contributed by atoms with Gasteiger partial charge in [0.15, 0.2) is 0 Å². The van der Waals surface area contributed by atoms with Crippen LogP contribution < -0.4 is 4.90 Å². The lowest BCUT2D eigenvalue weighted by Crippen LogP contribution is -2.40. The summed E-state index contributed by atoms with van der Waals surface area (Å²) in [5.41, 5.74) is 2.13. The molecule has 3 nitrogen and oxygen atoms in total. The Hall–Kier alpha value is -1.90. The molecule has 2 aromatic rings. The van der Waals surface area contributed by atoms with Crippen molar-refractivity contribution < 1.29 is 4.79 Å². The Labute approximate surface area is 106 Å². The number of nitrogens with zero attached hydrogens (tertiary/aromatic N) is 2. The monoisotopic (exact) mass is 240 g/mol. The number of aromatic nitrogens is 1. The third-order valence-electron chi connectivity index (χ3n) is 3.64. The lowest BCUT2D eigenvalue weighted by molar-refractivity contribution is -0.109. The van der Waals surface area contributed by atoms with Gasteiger partial charge in [0.2, 0.25) is 0 Å². The molecule has 1 aliphatic rings. The van der Waals surface area contributed by atoms with Gasteiger partial charge >= 0.3 is 0 Å². The first kappa shape index (κ1) is 11.2. The highest BCUT2D eigenvalue weighted by atomic mass is 16.1. The largest absolute Gasteiger partial charge is 0.361 e. The average molecular weight is 240 g/mol. The Morgan fingerprint density at radius 2 is 2.11 bits per heavy atom. The molecule has 1 atom stereocenters. The number of pyridine rings is 1. The Bertz CT molecular complexity index is 562. The van der Waals surface area contributed by atoms with Crippen LogP contribution >= 0.6 is 0 Å². The normalized spacial score (nSPS) is 20.0. The van der Waals surface area contributed by atoms with Crippen molar-refractivity contribution in [1.82, 2.24) is 4.98 Å². The number of carbonyl (C=O) groups excluding carboxylic acids is 1. The van der Waals surface area contributed by atoms with E-state index in [1.165, 1.54) is 0 Å². The number of rotatable bonds is 2. The Balaban J connectivity index is 2.10.